The molecule has 1 aliphatic heterocycles. The van der Waals surface area contributed by atoms with E-state index < -0.39 is 17.7 Å². The van der Waals surface area contributed by atoms with Crippen LogP contribution in [0, 0.1) is 0 Å². The molecule has 1 N–H and O–H groups in total. The third kappa shape index (κ3) is 3.82. The van der Waals surface area contributed by atoms with Gasteiger partial charge >= 0.3 is 0 Å². The quantitative estimate of drug-likeness (QED) is 0.474. The standard InChI is InChI=1S/C22H25N3O3/c1-4-15-5-7-16(8-6-15)19-18(20(26)17-9-11-23-12-10-17)21(27)22(28)25(19)14-13-24(2)3/h5-12,19,26H,4,13-14H2,1-3H3/b20-18+. The van der Waals surface area contributed by atoms with Crippen LogP contribution in [-0.4, -0.2) is 58.8 Å². The number of rotatable bonds is 6. The highest BCUT2D eigenvalue weighted by Gasteiger charge is 2.45. The number of aliphatic hydroxyl groups is 1. The summed E-state index contributed by atoms with van der Waals surface area (Å²) in [5.41, 5.74) is 2.57. The molecule has 2 heterocycles. The number of carbonyl (C=O) groups is 2. The van der Waals surface area contributed by atoms with Crippen molar-refractivity contribution in [2.45, 2.75) is 19.4 Å². The number of amides is 1. The van der Waals surface area contributed by atoms with Gasteiger partial charge in [-0.1, -0.05) is 31.2 Å². The molecule has 0 radical (unpaired) electrons. The summed E-state index contributed by atoms with van der Waals surface area (Å²) in [6.07, 6.45) is 3.99. The highest BCUT2D eigenvalue weighted by Crippen LogP contribution is 2.39. The van der Waals surface area contributed by atoms with Crippen molar-refractivity contribution >= 4 is 17.4 Å². The van der Waals surface area contributed by atoms with E-state index in [2.05, 4.69) is 11.9 Å². The van der Waals surface area contributed by atoms with Crippen LogP contribution in [0.4, 0.5) is 0 Å². The molecule has 146 valence electrons. The Kier molecular flexibility index (Phi) is 5.90. The monoisotopic (exact) mass is 379 g/mol. The number of aromatic nitrogens is 1. The minimum absolute atomic E-state index is 0.124. The SMILES string of the molecule is CCc1ccc(C2/C(=C(\O)c3ccncc3)C(=O)C(=O)N2CCN(C)C)cc1. The zero-order valence-corrected chi connectivity index (χ0v) is 16.4. The largest absolute Gasteiger partial charge is 0.507 e. The first-order valence-electron chi connectivity index (χ1n) is 9.36. The molecule has 0 bridgehead atoms. The highest BCUT2D eigenvalue weighted by molar-refractivity contribution is 6.46. The highest BCUT2D eigenvalue weighted by atomic mass is 16.3. The fourth-order valence-electron chi connectivity index (χ4n) is 3.37. The van der Waals surface area contributed by atoms with Crippen molar-refractivity contribution in [1.29, 1.82) is 0 Å². The summed E-state index contributed by atoms with van der Waals surface area (Å²) in [5.74, 6) is -1.41. The van der Waals surface area contributed by atoms with Crippen LogP contribution in [0.2, 0.25) is 0 Å². The lowest BCUT2D eigenvalue weighted by Crippen LogP contribution is -2.35. The third-order valence-corrected chi connectivity index (χ3v) is 4.99. The van der Waals surface area contributed by atoms with Crippen LogP contribution in [0.3, 0.4) is 0 Å². The first-order chi connectivity index (χ1) is 13.4. The predicted octanol–water partition coefficient (Wildman–Crippen LogP) is 2.63. The smallest absolute Gasteiger partial charge is 0.295 e. The van der Waals surface area contributed by atoms with Crippen LogP contribution in [0.1, 0.15) is 29.7 Å². The third-order valence-electron chi connectivity index (χ3n) is 4.99. The summed E-state index contributed by atoms with van der Waals surface area (Å²) in [7, 11) is 3.83. The molecular formula is C22H25N3O3. The molecule has 1 aliphatic rings. The summed E-state index contributed by atoms with van der Waals surface area (Å²) in [6.45, 7) is 3.08. The lowest BCUT2D eigenvalue weighted by molar-refractivity contribution is -0.140. The molecule has 1 amide bonds. The van der Waals surface area contributed by atoms with Crippen molar-refractivity contribution in [1.82, 2.24) is 14.8 Å². The predicted molar refractivity (Wildman–Crippen MR) is 108 cm³/mol. The zero-order chi connectivity index (χ0) is 20.3. The number of likely N-dealkylation sites (N-methyl/N-ethyl adjacent to an activating group) is 1. The van der Waals surface area contributed by atoms with Gasteiger partial charge < -0.3 is 14.9 Å². The molecule has 1 saturated heterocycles. The minimum Gasteiger partial charge on any atom is -0.507 e. The number of aliphatic hydroxyl groups excluding tert-OH is 1. The van der Waals surface area contributed by atoms with Crippen LogP contribution in [0.15, 0.2) is 54.4 Å². The second-order valence-electron chi connectivity index (χ2n) is 7.13. The maximum atomic E-state index is 12.8. The van der Waals surface area contributed by atoms with Crippen molar-refractivity contribution in [3.63, 3.8) is 0 Å². The van der Waals surface area contributed by atoms with E-state index in [9.17, 15) is 14.7 Å². The van der Waals surface area contributed by atoms with Crippen LogP contribution in [-0.2, 0) is 16.0 Å². The molecule has 1 aromatic heterocycles. The summed E-state index contributed by atoms with van der Waals surface area (Å²) >= 11 is 0. The summed E-state index contributed by atoms with van der Waals surface area (Å²) < 4.78 is 0. The number of likely N-dealkylation sites (tertiary alicyclic amines) is 1. The maximum absolute atomic E-state index is 12.8. The number of Topliss-reactive ketones (excluding diaryl/α,β-unsaturated/α-hetero) is 1. The second-order valence-corrected chi connectivity index (χ2v) is 7.13. The first-order valence-corrected chi connectivity index (χ1v) is 9.36. The Hall–Kier alpha value is -2.99. The van der Waals surface area contributed by atoms with Gasteiger partial charge in [-0.15, -0.1) is 0 Å². The lowest BCUT2D eigenvalue weighted by atomic mass is 9.94. The molecule has 2 aromatic rings. The van der Waals surface area contributed by atoms with Gasteiger partial charge in [0.15, 0.2) is 0 Å². The molecule has 1 atom stereocenters. The van der Waals surface area contributed by atoms with Gasteiger partial charge in [0.05, 0.1) is 11.6 Å². The van der Waals surface area contributed by atoms with Gasteiger partial charge in [0, 0.05) is 31.0 Å². The Morgan fingerprint density at radius 3 is 2.32 bits per heavy atom. The number of pyridine rings is 1. The average Bonchev–Trinajstić information content (AvgIpc) is 2.97. The molecule has 1 aromatic carbocycles. The summed E-state index contributed by atoms with van der Waals surface area (Å²) in [5, 5.41) is 10.9. The molecule has 1 fully saturated rings. The average molecular weight is 379 g/mol. The van der Waals surface area contributed by atoms with Crippen LogP contribution in [0.25, 0.3) is 5.76 Å². The van der Waals surface area contributed by atoms with Gasteiger partial charge in [0.1, 0.15) is 5.76 Å². The minimum atomic E-state index is -0.655. The number of aryl methyl sites for hydroxylation is 1. The van der Waals surface area contributed by atoms with E-state index >= 15 is 0 Å². The maximum Gasteiger partial charge on any atom is 0.295 e. The zero-order valence-electron chi connectivity index (χ0n) is 16.4. The fourth-order valence-corrected chi connectivity index (χ4v) is 3.37. The molecule has 1 unspecified atom stereocenters. The van der Waals surface area contributed by atoms with Gasteiger partial charge in [0.2, 0.25) is 0 Å². The van der Waals surface area contributed by atoms with E-state index in [0.29, 0.717) is 18.7 Å². The van der Waals surface area contributed by atoms with E-state index in [1.807, 2.05) is 43.3 Å². The molecule has 6 heteroatoms. The van der Waals surface area contributed by atoms with Crippen LogP contribution in [0.5, 0.6) is 0 Å². The molecule has 0 saturated carbocycles. The van der Waals surface area contributed by atoms with Gasteiger partial charge in [-0.3, -0.25) is 14.6 Å². The number of carbonyl (C=O) groups excluding carboxylic acids is 2. The van der Waals surface area contributed by atoms with E-state index in [0.717, 1.165) is 12.0 Å². The number of ketones is 1. The Labute approximate surface area is 165 Å². The topological polar surface area (TPSA) is 73.7 Å². The Balaban J connectivity index is 2.12. The van der Waals surface area contributed by atoms with Crippen molar-refractivity contribution in [2.75, 3.05) is 27.2 Å². The Morgan fingerprint density at radius 2 is 1.75 bits per heavy atom. The van der Waals surface area contributed by atoms with E-state index in [1.54, 1.807) is 29.4 Å². The van der Waals surface area contributed by atoms with Gasteiger partial charge in [-0.25, -0.2) is 0 Å². The molecule has 0 aliphatic carbocycles. The fraction of sp³-hybridized carbons (Fsp3) is 0.318. The Bertz CT molecular complexity index is 889. The molecule has 0 spiro atoms. The first kappa shape index (κ1) is 19.8. The van der Waals surface area contributed by atoms with Crippen molar-refractivity contribution < 1.29 is 14.7 Å². The van der Waals surface area contributed by atoms with E-state index in [-0.39, 0.29) is 11.3 Å². The van der Waals surface area contributed by atoms with Gasteiger partial charge in [-0.2, -0.15) is 0 Å². The van der Waals surface area contributed by atoms with E-state index in [1.165, 1.54) is 5.56 Å². The summed E-state index contributed by atoms with van der Waals surface area (Å²) in [4.78, 5) is 33.1. The van der Waals surface area contributed by atoms with Crippen molar-refractivity contribution in [2.24, 2.45) is 0 Å². The Morgan fingerprint density at radius 1 is 1.11 bits per heavy atom. The number of hydrogen-bond acceptors (Lipinski definition) is 5. The van der Waals surface area contributed by atoms with Crippen LogP contribution < -0.4 is 0 Å². The lowest BCUT2D eigenvalue weighted by Gasteiger charge is -2.26. The van der Waals surface area contributed by atoms with Crippen molar-refractivity contribution in [3.8, 4) is 0 Å². The molecule has 28 heavy (non-hydrogen) atoms. The van der Waals surface area contributed by atoms with E-state index in [4.69, 9.17) is 0 Å². The molecular weight excluding hydrogens is 354 g/mol. The molecule has 6 nitrogen and oxygen atoms in total. The number of benzene rings is 1. The second kappa shape index (κ2) is 8.35. The molecule has 3 rings (SSSR count). The number of hydrogen-bond donors (Lipinski definition) is 1. The summed E-state index contributed by atoms with van der Waals surface area (Å²) in [6, 6.07) is 10.5. The number of nitrogens with zero attached hydrogens (tertiary/aromatic N) is 3. The normalized spacial score (nSPS) is 18.9. The van der Waals surface area contributed by atoms with Gasteiger partial charge in [-0.05, 0) is 43.8 Å². The van der Waals surface area contributed by atoms with Crippen LogP contribution >= 0.6 is 0 Å². The van der Waals surface area contributed by atoms with Crippen molar-refractivity contribution in [3.05, 3.63) is 71.1 Å². The van der Waals surface area contributed by atoms with Gasteiger partial charge in [0.25, 0.3) is 11.7 Å².